The molecular formula is C25H25N3O5. The lowest BCUT2D eigenvalue weighted by molar-refractivity contribution is -0.137. The van der Waals surface area contributed by atoms with Crippen LogP contribution in [0.1, 0.15) is 58.8 Å². The van der Waals surface area contributed by atoms with Crippen molar-refractivity contribution < 1.29 is 23.9 Å². The lowest BCUT2D eigenvalue weighted by atomic mass is 9.88. The molecule has 0 radical (unpaired) electrons. The fourth-order valence-corrected chi connectivity index (χ4v) is 4.93. The molecule has 0 bridgehead atoms. The fourth-order valence-electron chi connectivity index (χ4n) is 4.93. The van der Waals surface area contributed by atoms with Crippen molar-refractivity contribution in [1.82, 2.24) is 15.5 Å². The highest BCUT2D eigenvalue weighted by Crippen LogP contribution is 2.31. The van der Waals surface area contributed by atoms with E-state index in [-0.39, 0.29) is 43.3 Å². The fraction of sp³-hybridized carbons (Fsp3) is 0.360. The van der Waals surface area contributed by atoms with Gasteiger partial charge in [0.05, 0.1) is 6.04 Å². The Hall–Kier alpha value is -3.68. The van der Waals surface area contributed by atoms with E-state index in [1.807, 2.05) is 12.1 Å². The number of nitrogens with zero attached hydrogens (tertiary/aromatic N) is 1. The second-order valence-electron chi connectivity index (χ2n) is 8.72. The molecule has 1 aliphatic carbocycles. The van der Waals surface area contributed by atoms with Crippen LogP contribution >= 0.6 is 0 Å². The van der Waals surface area contributed by atoms with Gasteiger partial charge in [-0.05, 0) is 60.6 Å². The van der Waals surface area contributed by atoms with Gasteiger partial charge >= 0.3 is 0 Å². The Morgan fingerprint density at radius 1 is 1.06 bits per heavy atom. The van der Waals surface area contributed by atoms with Gasteiger partial charge in [0, 0.05) is 18.5 Å². The number of amides is 4. The summed E-state index contributed by atoms with van der Waals surface area (Å²) in [7, 11) is 0. The van der Waals surface area contributed by atoms with Gasteiger partial charge in [0.2, 0.25) is 11.8 Å². The third kappa shape index (κ3) is 4.20. The zero-order valence-corrected chi connectivity index (χ0v) is 18.1. The summed E-state index contributed by atoms with van der Waals surface area (Å²) >= 11 is 0. The Balaban J connectivity index is 1.20. The highest BCUT2D eigenvalue weighted by Gasteiger charge is 2.39. The standard InChI is InChI=1S/C25H25N3O5/c29-22-11-10-21(24(31)27-22)28-13-16-12-17(8-9-19(16)25(28)32)33-14-23(30)26-20-7-3-5-15-4-1-2-6-18(15)20/h1-2,4,6,8-9,12,20-21H,3,5,7,10-11,13-14H2,(H,26,30)(H,27,29,31). The largest absolute Gasteiger partial charge is 0.484 e. The second kappa shape index (κ2) is 8.69. The van der Waals surface area contributed by atoms with Gasteiger partial charge in [-0.15, -0.1) is 0 Å². The molecule has 0 aromatic heterocycles. The number of carbonyl (C=O) groups is 4. The highest BCUT2D eigenvalue weighted by atomic mass is 16.5. The third-order valence-corrected chi connectivity index (χ3v) is 6.57. The van der Waals surface area contributed by atoms with E-state index >= 15 is 0 Å². The van der Waals surface area contributed by atoms with Crippen LogP contribution in [0.5, 0.6) is 5.75 Å². The van der Waals surface area contributed by atoms with E-state index in [0.29, 0.717) is 17.7 Å². The number of hydrogen-bond donors (Lipinski definition) is 2. The van der Waals surface area contributed by atoms with Crippen LogP contribution in [0.25, 0.3) is 0 Å². The van der Waals surface area contributed by atoms with E-state index in [4.69, 9.17) is 4.74 Å². The minimum absolute atomic E-state index is 0.00854. The summed E-state index contributed by atoms with van der Waals surface area (Å²) in [6, 6.07) is 12.6. The summed E-state index contributed by atoms with van der Waals surface area (Å²) in [6.45, 7) is 0.144. The molecule has 3 aliphatic rings. The lowest BCUT2D eigenvalue weighted by Crippen LogP contribution is -2.52. The molecule has 0 saturated carbocycles. The first-order valence-electron chi connectivity index (χ1n) is 11.3. The summed E-state index contributed by atoms with van der Waals surface area (Å²) in [5.41, 5.74) is 3.69. The van der Waals surface area contributed by atoms with Crippen molar-refractivity contribution in [2.75, 3.05) is 6.61 Å². The molecule has 4 amide bonds. The Bertz CT molecular complexity index is 1140. The molecule has 2 aliphatic heterocycles. The topological polar surface area (TPSA) is 105 Å². The highest BCUT2D eigenvalue weighted by molar-refractivity contribution is 6.05. The van der Waals surface area contributed by atoms with Crippen molar-refractivity contribution in [2.45, 2.75) is 50.7 Å². The van der Waals surface area contributed by atoms with Crippen LogP contribution in [0.15, 0.2) is 42.5 Å². The molecule has 2 heterocycles. The van der Waals surface area contributed by atoms with Crippen LogP contribution < -0.4 is 15.4 Å². The number of rotatable bonds is 5. The van der Waals surface area contributed by atoms with Crippen molar-refractivity contribution in [1.29, 1.82) is 0 Å². The summed E-state index contributed by atoms with van der Waals surface area (Å²) in [5.74, 6) is -0.694. The van der Waals surface area contributed by atoms with Crippen LogP contribution in [0.3, 0.4) is 0 Å². The maximum absolute atomic E-state index is 12.8. The molecular weight excluding hydrogens is 422 g/mol. The molecule has 2 N–H and O–H groups in total. The van der Waals surface area contributed by atoms with Gasteiger partial charge in [0.15, 0.2) is 6.61 Å². The van der Waals surface area contributed by atoms with Gasteiger partial charge in [-0.25, -0.2) is 0 Å². The molecule has 1 saturated heterocycles. The van der Waals surface area contributed by atoms with Crippen LogP contribution in [-0.2, 0) is 27.3 Å². The quantitative estimate of drug-likeness (QED) is 0.683. The first-order chi connectivity index (χ1) is 16.0. The Labute approximate surface area is 191 Å². The van der Waals surface area contributed by atoms with Crippen LogP contribution in [0.4, 0.5) is 0 Å². The molecule has 8 heteroatoms. The smallest absolute Gasteiger partial charge is 0.258 e. The van der Waals surface area contributed by atoms with Gasteiger partial charge < -0.3 is 15.0 Å². The Morgan fingerprint density at radius 3 is 2.76 bits per heavy atom. The van der Waals surface area contributed by atoms with Crippen LogP contribution in [-0.4, -0.2) is 41.2 Å². The summed E-state index contributed by atoms with van der Waals surface area (Å²) in [4.78, 5) is 50.4. The maximum atomic E-state index is 12.8. The maximum Gasteiger partial charge on any atom is 0.258 e. The van der Waals surface area contributed by atoms with Crippen molar-refractivity contribution in [3.05, 3.63) is 64.7 Å². The number of fused-ring (bicyclic) bond motifs is 2. The Morgan fingerprint density at radius 2 is 1.91 bits per heavy atom. The zero-order valence-electron chi connectivity index (χ0n) is 18.1. The van der Waals surface area contributed by atoms with E-state index in [2.05, 4.69) is 22.8 Å². The number of ether oxygens (including phenoxy) is 1. The normalized spacial score (nSPS) is 21.8. The molecule has 170 valence electrons. The molecule has 5 rings (SSSR count). The van der Waals surface area contributed by atoms with Gasteiger partial charge in [0.25, 0.3) is 11.8 Å². The van der Waals surface area contributed by atoms with Crippen molar-refractivity contribution >= 4 is 23.6 Å². The van der Waals surface area contributed by atoms with Gasteiger partial charge in [-0.1, -0.05) is 24.3 Å². The summed E-state index contributed by atoms with van der Waals surface area (Å²) in [5, 5.41) is 5.36. The van der Waals surface area contributed by atoms with Gasteiger partial charge in [0.1, 0.15) is 11.8 Å². The molecule has 33 heavy (non-hydrogen) atoms. The summed E-state index contributed by atoms with van der Waals surface area (Å²) in [6.07, 6.45) is 3.50. The Kier molecular flexibility index (Phi) is 5.58. The van der Waals surface area contributed by atoms with E-state index in [1.54, 1.807) is 18.2 Å². The number of piperidine rings is 1. The van der Waals surface area contributed by atoms with E-state index < -0.39 is 11.9 Å². The molecule has 2 aromatic carbocycles. The average molecular weight is 447 g/mol. The number of imide groups is 1. The molecule has 1 fully saturated rings. The first-order valence-corrected chi connectivity index (χ1v) is 11.3. The van der Waals surface area contributed by atoms with Gasteiger partial charge in [-0.3, -0.25) is 24.5 Å². The van der Waals surface area contributed by atoms with Crippen LogP contribution in [0, 0.1) is 0 Å². The number of aryl methyl sites for hydroxylation is 1. The predicted molar refractivity (Wildman–Crippen MR) is 118 cm³/mol. The van der Waals surface area contributed by atoms with Crippen LogP contribution in [0.2, 0.25) is 0 Å². The number of benzene rings is 2. The van der Waals surface area contributed by atoms with Crippen molar-refractivity contribution in [2.24, 2.45) is 0 Å². The monoisotopic (exact) mass is 447 g/mol. The third-order valence-electron chi connectivity index (χ3n) is 6.57. The SMILES string of the molecule is O=C1CCC(N2Cc3cc(OCC(=O)NC4CCCc5ccccc54)ccc3C2=O)C(=O)N1. The molecule has 8 nitrogen and oxygen atoms in total. The van der Waals surface area contributed by atoms with Gasteiger partial charge in [-0.2, -0.15) is 0 Å². The molecule has 2 aromatic rings. The number of carbonyl (C=O) groups excluding carboxylic acids is 4. The second-order valence-corrected chi connectivity index (χ2v) is 8.72. The minimum atomic E-state index is -0.656. The lowest BCUT2D eigenvalue weighted by Gasteiger charge is -2.29. The number of nitrogens with one attached hydrogen (secondary N) is 2. The molecule has 2 atom stereocenters. The van der Waals surface area contributed by atoms with E-state index in [1.165, 1.54) is 16.0 Å². The molecule has 0 spiro atoms. The van der Waals surface area contributed by atoms with E-state index in [0.717, 1.165) is 24.8 Å². The van der Waals surface area contributed by atoms with Crippen molar-refractivity contribution in [3.63, 3.8) is 0 Å². The van der Waals surface area contributed by atoms with E-state index in [9.17, 15) is 19.2 Å². The van der Waals surface area contributed by atoms with Crippen molar-refractivity contribution in [3.8, 4) is 5.75 Å². The first kappa shape index (κ1) is 21.2. The average Bonchev–Trinajstić information content (AvgIpc) is 3.13. The number of hydrogen-bond acceptors (Lipinski definition) is 5. The zero-order chi connectivity index (χ0) is 22.9. The summed E-state index contributed by atoms with van der Waals surface area (Å²) < 4.78 is 5.71. The minimum Gasteiger partial charge on any atom is -0.484 e. The predicted octanol–water partition coefficient (Wildman–Crippen LogP) is 2.02. The molecule has 2 unspecified atom stereocenters.